The smallest absolute Gasteiger partial charge is 0.337 e. The molecule has 162 valence electrons. The van der Waals surface area contributed by atoms with Gasteiger partial charge >= 0.3 is 11.9 Å². The first-order valence-corrected chi connectivity index (χ1v) is 9.81. The van der Waals surface area contributed by atoms with E-state index in [9.17, 15) is 19.2 Å². The maximum Gasteiger partial charge on any atom is 0.337 e. The number of nitrogens with zero attached hydrogens (tertiary/aromatic N) is 1. The second-order valence-electron chi connectivity index (χ2n) is 7.40. The van der Waals surface area contributed by atoms with Gasteiger partial charge in [-0.1, -0.05) is 6.07 Å². The Balaban J connectivity index is 1.51. The molecule has 1 heterocycles. The largest absolute Gasteiger partial charge is 0.465 e. The number of carbonyl (C=O) groups excluding carboxylic acids is 4. The van der Waals surface area contributed by atoms with Crippen LogP contribution in [0.15, 0.2) is 42.5 Å². The predicted octanol–water partition coefficient (Wildman–Crippen LogP) is 2.62. The summed E-state index contributed by atoms with van der Waals surface area (Å²) >= 11 is 0. The van der Waals surface area contributed by atoms with Gasteiger partial charge in [0.05, 0.1) is 18.6 Å². The molecule has 8 nitrogen and oxygen atoms in total. The Morgan fingerprint density at radius 3 is 2.42 bits per heavy atom. The van der Waals surface area contributed by atoms with E-state index >= 15 is 0 Å². The highest BCUT2D eigenvalue weighted by atomic mass is 16.5. The van der Waals surface area contributed by atoms with Crippen LogP contribution in [0.3, 0.4) is 0 Å². The Morgan fingerprint density at radius 1 is 1.06 bits per heavy atom. The summed E-state index contributed by atoms with van der Waals surface area (Å²) < 4.78 is 9.72. The van der Waals surface area contributed by atoms with Gasteiger partial charge in [0.2, 0.25) is 5.91 Å². The van der Waals surface area contributed by atoms with Gasteiger partial charge in [0, 0.05) is 24.3 Å². The van der Waals surface area contributed by atoms with Crippen molar-refractivity contribution in [3.63, 3.8) is 0 Å². The summed E-state index contributed by atoms with van der Waals surface area (Å²) in [6, 6.07) is 11.8. The zero-order chi connectivity index (χ0) is 22.5. The van der Waals surface area contributed by atoms with E-state index in [1.165, 1.54) is 19.2 Å². The fraction of sp³-hybridized carbons (Fsp3) is 0.304. The number of carbonyl (C=O) groups is 4. The molecule has 2 aromatic rings. The van der Waals surface area contributed by atoms with Crippen molar-refractivity contribution in [3.8, 4) is 0 Å². The van der Waals surface area contributed by atoms with Gasteiger partial charge in [-0.15, -0.1) is 0 Å². The van der Waals surface area contributed by atoms with E-state index in [1.54, 1.807) is 17.0 Å². The second-order valence-corrected chi connectivity index (χ2v) is 7.40. The first-order chi connectivity index (χ1) is 14.8. The number of anilines is 2. The van der Waals surface area contributed by atoms with Crippen LogP contribution in [0.25, 0.3) is 0 Å². The average Bonchev–Trinajstić information content (AvgIpc) is 3.15. The summed E-state index contributed by atoms with van der Waals surface area (Å²) in [5.41, 5.74) is 3.73. The van der Waals surface area contributed by atoms with Crippen molar-refractivity contribution in [1.82, 2.24) is 0 Å². The monoisotopic (exact) mass is 424 g/mol. The van der Waals surface area contributed by atoms with E-state index in [-0.39, 0.29) is 18.9 Å². The molecule has 0 bridgehead atoms. The molecular weight excluding hydrogens is 400 g/mol. The minimum Gasteiger partial charge on any atom is -0.465 e. The molecule has 0 spiro atoms. The van der Waals surface area contributed by atoms with Gasteiger partial charge in [0.1, 0.15) is 0 Å². The molecule has 31 heavy (non-hydrogen) atoms. The Hall–Kier alpha value is -3.68. The third kappa shape index (κ3) is 5.28. The van der Waals surface area contributed by atoms with Crippen LogP contribution in [-0.2, 0) is 23.9 Å². The van der Waals surface area contributed by atoms with Crippen LogP contribution in [0.2, 0.25) is 0 Å². The Labute approximate surface area is 180 Å². The standard InChI is InChI=1S/C23H24N2O6/c1-14-4-9-19(10-15(14)2)25-12-17(11-21(25)27)23(29)31-13-20(26)24-18-7-5-16(6-8-18)22(28)30-3/h4-10,17H,11-13H2,1-3H3,(H,24,26)/t17-/m1/s1. The lowest BCUT2D eigenvalue weighted by atomic mass is 10.1. The van der Waals surface area contributed by atoms with Crippen LogP contribution >= 0.6 is 0 Å². The molecule has 1 saturated heterocycles. The van der Waals surface area contributed by atoms with Gasteiger partial charge in [-0.2, -0.15) is 0 Å². The number of amides is 2. The summed E-state index contributed by atoms with van der Waals surface area (Å²) in [5.74, 6) is -2.36. The summed E-state index contributed by atoms with van der Waals surface area (Å²) in [6.45, 7) is 3.71. The summed E-state index contributed by atoms with van der Waals surface area (Å²) in [6.07, 6.45) is 0.0440. The number of benzene rings is 2. The van der Waals surface area contributed by atoms with Gasteiger partial charge in [0.15, 0.2) is 6.61 Å². The van der Waals surface area contributed by atoms with Crippen molar-refractivity contribution in [1.29, 1.82) is 0 Å². The fourth-order valence-corrected chi connectivity index (χ4v) is 3.27. The lowest BCUT2D eigenvalue weighted by molar-refractivity contribution is -0.151. The van der Waals surface area contributed by atoms with Crippen molar-refractivity contribution in [2.24, 2.45) is 5.92 Å². The maximum absolute atomic E-state index is 12.4. The van der Waals surface area contributed by atoms with E-state index in [1.807, 2.05) is 32.0 Å². The molecule has 1 aliphatic heterocycles. The van der Waals surface area contributed by atoms with Crippen LogP contribution in [0, 0.1) is 19.8 Å². The third-order valence-electron chi connectivity index (χ3n) is 5.20. The number of hydrogen-bond acceptors (Lipinski definition) is 6. The number of esters is 2. The van der Waals surface area contributed by atoms with Crippen LogP contribution in [-0.4, -0.2) is 44.0 Å². The van der Waals surface area contributed by atoms with Gasteiger partial charge in [-0.3, -0.25) is 14.4 Å². The van der Waals surface area contributed by atoms with Crippen LogP contribution < -0.4 is 10.2 Å². The van der Waals surface area contributed by atoms with Crippen molar-refractivity contribution in [2.45, 2.75) is 20.3 Å². The number of nitrogens with one attached hydrogen (secondary N) is 1. The minimum atomic E-state index is -0.624. The second kappa shape index (κ2) is 9.42. The van der Waals surface area contributed by atoms with Crippen molar-refractivity contribution < 1.29 is 28.7 Å². The summed E-state index contributed by atoms with van der Waals surface area (Å²) in [5, 5.41) is 2.58. The molecule has 0 aromatic heterocycles. The molecule has 3 rings (SSSR count). The Bertz CT molecular complexity index is 1020. The molecule has 2 aromatic carbocycles. The molecule has 8 heteroatoms. The van der Waals surface area contributed by atoms with Crippen molar-refractivity contribution in [3.05, 3.63) is 59.2 Å². The number of hydrogen-bond donors (Lipinski definition) is 1. The normalized spacial score (nSPS) is 15.5. The highest BCUT2D eigenvalue weighted by Crippen LogP contribution is 2.27. The first kappa shape index (κ1) is 22.0. The van der Waals surface area contributed by atoms with E-state index in [0.717, 1.165) is 16.8 Å². The van der Waals surface area contributed by atoms with Gasteiger partial charge in [0.25, 0.3) is 5.91 Å². The minimum absolute atomic E-state index is 0.0440. The molecule has 0 aliphatic carbocycles. The molecule has 1 N–H and O–H groups in total. The number of methoxy groups -OCH3 is 1. The van der Waals surface area contributed by atoms with Gasteiger partial charge in [-0.25, -0.2) is 4.79 Å². The quantitative estimate of drug-likeness (QED) is 0.716. The lowest BCUT2D eigenvalue weighted by Crippen LogP contribution is -2.28. The van der Waals surface area contributed by atoms with Crippen molar-refractivity contribution >= 4 is 35.1 Å². The fourth-order valence-electron chi connectivity index (χ4n) is 3.27. The summed E-state index contributed by atoms with van der Waals surface area (Å²) in [4.78, 5) is 49.8. The van der Waals surface area contributed by atoms with E-state index in [2.05, 4.69) is 10.1 Å². The molecule has 1 aliphatic rings. The number of aryl methyl sites for hydroxylation is 2. The first-order valence-electron chi connectivity index (χ1n) is 9.81. The molecule has 0 unspecified atom stereocenters. The van der Waals surface area contributed by atoms with Crippen LogP contribution in [0.1, 0.15) is 27.9 Å². The average molecular weight is 424 g/mol. The van der Waals surface area contributed by atoms with E-state index < -0.39 is 30.4 Å². The highest BCUT2D eigenvalue weighted by Gasteiger charge is 2.36. The maximum atomic E-state index is 12.4. The molecule has 1 atom stereocenters. The number of rotatable bonds is 6. The molecular formula is C23H24N2O6. The lowest BCUT2D eigenvalue weighted by Gasteiger charge is -2.17. The molecule has 1 fully saturated rings. The molecule has 0 radical (unpaired) electrons. The zero-order valence-corrected chi connectivity index (χ0v) is 17.6. The summed E-state index contributed by atoms with van der Waals surface area (Å²) in [7, 11) is 1.28. The van der Waals surface area contributed by atoms with Gasteiger partial charge in [-0.05, 0) is 61.4 Å². The van der Waals surface area contributed by atoms with Crippen LogP contribution in [0.4, 0.5) is 11.4 Å². The van der Waals surface area contributed by atoms with E-state index in [4.69, 9.17) is 4.74 Å². The zero-order valence-electron chi connectivity index (χ0n) is 17.6. The third-order valence-corrected chi connectivity index (χ3v) is 5.20. The number of ether oxygens (including phenoxy) is 2. The van der Waals surface area contributed by atoms with E-state index in [0.29, 0.717) is 11.3 Å². The predicted molar refractivity (Wildman–Crippen MR) is 114 cm³/mol. The van der Waals surface area contributed by atoms with Crippen molar-refractivity contribution in [2.75, 3.05) is 30.5 Å². The SMILES string of the molecule is COC(=O)c1ccc(NC(=O)COC(=O)[C@@H]2CC(=O)N(c3ccc(C)c(C)c3)C2)cc1. The van der Waals surface area contributed by atoms with Crippen LogP contribution in [0.5, 0.6) is 0 Å². The van der Waals surface area contributed by atoms with Gasteiger partial charge < -0.3 is 19.7 Å². The Morgan fingerprint density at radius 2 is 1.77 bits per heavy atom. The topological polar surface area (TPSA) is 102 Å². The molecule has 2 amide bonds. The molecule has 0 saturated carbocycles. The Kier molecular flexibility index (Phi) is 6.69. The highest BCUT2D eigenvalue weighted by molar-refractivity contribution is 6.00.